The Morgan fingerprint density at radius 1 is 0.875 bits per heavy atom. The molecule has 1 fully saturated rings. The fourth-order valence-electron chi connectivity index (χ4n) is 3.32. The summed E-state index contributed by atoms with van der Waals surface area (Å²) in [6, 6.07) is 0. The standard InChI is InChI=1S/C15H28O/c1-14(2,3)12-8-7-11(10-16)9-13(12)15(4,5)6/h10-13H,7-9H2,1-6H3. The van der Waals surface area contributed by atoms with Crippen molar-refractivity contribution >= 4 is 6.29 Å². The van der Waals surface area contributed by atoms with Crippen molar-refractivity contribution in [1.82, 2.24) is 0 Å². The molecule has 0 saturated heterocycles. The summed E-state index contributed by atoms with van der Waals surface area (Å²) in [6.45, 7) is 14.0. The second kappa shape index (κ2) is 4.50. The van der Waals surface area contributed by atoms with Gasteiger partial charge in [-0.3, -0.25) is 0 Å². The van der Waals surface area contributed by atoms with E-state index >= 15 is 0 Å². The van der Waals surface area contributed by atoms with E-state index in [1.54, 1.807) is 0 Å². The smallest absolute Gasteiger partial charge is 0.123 e. The average Bonchev–Trinajstić information content (AvgIpc) is 2.14. The molecule has 0 amide bonds. The lowest BCUT2D eigenvalue weighted by atomic mass is 9.57. The maximum atomic E-state index is 11.0. The van der Waals surface area contributed by atoms with Crippen LogP contribution in [0.15, 0.2) is 0 Å². The van der Waals surface area contributed by atoms with Gasteiger partial charge in [0.2, 0.25) is 0 Å². The molecule has 0 radical (unpaired) electrons. The summed E-state index contributed by atoms with van der Waals surface area (Å²) < 4.78 is 0. The van der Waals surface area contributed by atoms with Gasteiger partial charge in [-0.15, -0.1) is 0 Å². The Kier molecular flexibility index (Phi) is 3.87. The molecular weight excluding hydrogens is 196 g/mol. The Bertz CT molecular complexity index is 241. The van der Waals surface area contributed by atoms with E-state index in [2.05, 4.69) is 41.5 Å². The summed E-state index contributed by atoms with van der Waals surface area (Å²) >= 11 is 0. The van der Waals surface area contributed by atoms with Gasteiger partial charge in [0.05, 0.1) is 0 Å². The molecule has 0 spiro atoms. The first-order chi connectivity index (χ1) is 7.16. The Labute approximate surface area is 101 Å². The van der Waals surface area contributed by atoms with Crippen molar-refractivity contribution in [3.05, 3.63) is 0 Å². The number of aldehydes is 1. The highest BCUT2D eigenvalue weighted by atomic mass is 16.1. The first-order valence-corrected chi connectivity index (χ1v) is 6.61. The molecule has 3 atom stereocenters. The lowest BCUT2D eigenvalue weighted by Gasteiger charge is -2.48. The minimum absolute atomic E-state index is 0.308. The van der Waals surface area contributed by atoms with Crippen LogP contribution < -0.4 is 0 Å². The zero-order valence-corrected chi connectivity index (χ0v) is 11.8. The van der Waals surface area contributed by atoms with E-state index in [4.69, 9.17) is 0 Å². The average molecular weight is 224 g/mol. The van der Waals surface area contributed by atoms with Crippen molar-refractivity contribution in [1.29, 1.82) is 0 Å². The van der Waals surface area contributed by atoms with Crippen molar-refractivity contribution in [2.24, 2.45) is 28.6 Å². The van der Waals surface area contributed by atoms with Crippen LogP contribution in [0.2, 0.25) is 0 Å². The van der Waals surface area contributed by atoms with E-state index < -0.39 is 0 Å². The van der Waals surface area contributed by atoms with Gasteiger partial charge >= 0.3 is 0 Å². The van der Waals surface area contributed by atoms with E-state index in [1.807, 2.05) is 0 Å². The van der Waals surface area contributed by atoms with Crippen LogP contribution >= 0.6 is 0 Å². The normalized spacial score (nSPS) is 32.5. The number of carbonyl (C=O) groups excluding carboxylic acids is 1. The van der Waals surface area contributed by atoms with Crippen molar-refractivity contribution in [2.45, 2.75) is 60.8 Å². The van der Waals surface area contributed by atoms with Crippen LogP contribution in [0, 0.1) is 28.6 Å². The largest absolute Gasteiger partial charge is 0.303 e. The Morgan fingerprint density at radius 3 is 1.75 bits per heavy atom. The van der Waals surface area contributed by atoms with Crippen LogP contribution in [0.4, 0.5) is 0 Å². The quantitative estimate of drug-likeness (QED) is 0.607. The molecule has 1 saturated carbocycles. The van der Waals surface area contributed by atoms with Gasteiger partial charge in [-0.2, -0.15) is 0 Å². The zero-order valence-electron chi connectivity index (χ0n) is 11.8. The molecule has 1 rings (SSSR count). The molecule has 0 bridgehead atoms. The van der Waals surface area contributed by atoms with Gasteiger partial charge in [0, 0.05) is 5.92 Å². The fraction of sp³-hybridized carbons (Fsp3) is 0.933. The summed E-state index contributed by atoms with van der Waals surface area (Å²) in [5.74, 6) is 1.74. The van der Waals surface area contributed by atoms with E-state index in [-0.39, 0.29) is 0 Å². The predicted molar refractivity (Wildman–Crippen MR) is 69.3 cm³/mol. The predicted octanol–water partition coefficient (Wildman–Crippen LogP) is 4.31. The van der Waals surface area contributed by atoms with Crippen LogP contribution in [-0.4, -0.2) is 6.29 Å². The molecule has 0 aliphatic heterocycles. The molecule has 1 aliphatic rings. The lowest BCUT2D eigenvalue weighted by molar-refractivity contribution is -0.114. The summed E-state index contributed by atoms with van der Waals surface area (Å²) in [5.41, 5.74) is 0.686. The van der Waals surface area contributed by atoms with Gasteiger partial charge < -0.3 is 4.79 Å². The highest BCUT2D eigenvalue weighted by molar-refractivity contribution is 5.53. The van der Waals surface area contributed by atoms with Crippen LogP contribution in [-0.2, 0) is 4.79 Å². The zero-order chi connectivity index (χ0) is 12.6. The first kappa shape index (κ1) is 13.7. The van der Waals surface area contributed by atoms with Crippen molar-refractivity contribution in [3.63, 3.8) is 0 Å². The Balaban J connectivity index is 2.89. The SMILES string of the molecule is CC(C)(C)C1CCC(C=O)CC1C(C)(C)C. The van der Waals surface area contributed by atoms with Gasteiger partial charge in [0.15, 0.2) is 0 Å². The summed E-state index contributed by atoms with van der Waals surface area (Å²) in [4.78, 5) is 11.0. The highest BCUT2D eigenvalue weighted by Crippen LogP contribution is 2.50. The van der Waals surface area contributed by atoms with Crippen molar-refractivity contribution in [3.8, 4) is 0 Å². The van der Waals surface area contributed by atoms with Gasteiger partial charge in [0.25, 0.3) is 0 Å². The molecule has 16 heavy (non-hydrogen) atoms. The maximum Gasteiger partial charge on any atom is 0.123 e. The first-order valence-electron chi connectivity index (χ1n) is 6.61. The van der Waals surface area contributed by atoms with E-state index in [9.17, 15) is 4.79 Å². The highest BCUT2D eigenvalue weighted by Gasteiger charge is 2.42. The second-order valence-electron chi connectivity index (χ2n) is 7.65. The van der Waals surface area contributed by atoms with Crippen LogP contribution in [0.1, 0.15) is 60.8 Å². The topological polar surface area (TPSA) is 17.1 Å². The molecular formula is C15H28O. The number of hydrogen-bond acceptors (Lipinski definition) is 1. The molecule has 1 aliphatic carbocycles. The third kappa shape index (κ3) is 3.09. The van der Waals surface area contributed by atoms with Crippen LogP contribution in [0.5, 0.6) is 0 Å². The molecule has 0 aromatic rings. The van der Waals surface area contributed by atoms with Crippen LogP contribution in [0.25, 0.3) is 0 Å². The lowest BCUT2D eigenvalue weighted by Crippen LogP contribution is -2.40. The minimum atomic E-state index is 0.308. The second-order valence-corrected chi connectivity index (χ2v) is 7.65. The summed E-state index contributed by atoms with van der Waals surface area (Å²) in [6.07, 6.45) is 4.58. The number of hydrogen-bond donors (Lipinski definition) is 0. The third-order valence-corrected chi connectivity index (χ3v) is 4.31. The summed E-state index contributed by atoms with van der Waals surface area (Å²) in [7, 11) is 0. The van der Waals surface area contributed by atoms with E-state index in [1.165, 1.54) is 12.7 Å². The van der Waals surface area contributed by atoms with Gasteiger partial charge in [-0.05, 0) is 41.9 Å². The molecule has 0 N–H and O–H groups in total. The van der Waals surface area contributed by atoms with Crippen LogP contribution in [0.3, 0.4) is 0 Å². The molecule has 0 aromatic heterocycles. The molecule has 94 valence electrons. The number of rotatable bonds is 1. The molecule has 1 nitrogen and oxygen atoms in total. The van der Waals surface area contributed by atoms with E-state index in [0.717, 1.165) is 18.8 Å². The van der Waals surface area contributed by atoms with Gasteiger partial charge in [-0.1, -0.05) is 41.5 Å². The number of carbonyl (C=O) groups is 1. The Hall–Kier alpha value is -0.330. The maximum absolute atomic E-state index is 11.0. The molecule has 0 heterocycles. The van der Waals surface area contributed by atoms with Crippen molar-refractivity contribution in [2.75, 3.05) is 0 Å². The minimum Gasteiger partial charge on any atom is -0.303 e. The summed E-state index contributed by atoms with van der Waals surface area (Å²) in [5, 5.41) is 0. The monoisotopic (exact) mass is 224 g/mol. The van der Waals surface area contributed by atoms with Gasteiger partial charge in [-0.25, -0.2) is 0 Å². The fourth-order valence-corrected chi connectivity index (χ4v) is 3.32. The molecule has 1 heteroatoms. The molecule has 3 unspecified atom stereocenters. The third-order valence-electron chi connectivity index (χ3n) is 4.31. The molecule has 0 aromatic carbocycles. The van der Waals surface area contributed by atoms with Gasteiger partial charge in [0.1, 0.15) is 6.29 Å². The Morgan fingerprint density at radius 2 is 1.38 bits per heavy atom. The van der Waals surface area contributed by atoms with E-state index in [0.29, 0.717) is 22.7 Å². The van der Waals surface area contributed by atoms with Crippen molar-refractivity contribution < 1.29 is 4.79 Å².